The number of amides is 1. The summed E-state index contributed by atoms with van der Waals surface area (Å²) >= 11 is 5.89. The van der Waals surface area contributed by atoms with Gasteiger partial charge in [0.2, 0.25) is 5.22 Å². The minimum atomic E-state index is 0.00134. The van der Waals surface area contributed by atoms with Gasteiger partial charge in [-0.1, -0.05) is 0 Å². The molecule has 3 heterocycles. The highest BCUT2D eigenvalue weighted by Crippen LogP contribution is 2.27. The number of hydrogen-bond acceptors (Lipinski definition) is 3. The maximum atomic E-state index is 12.4. The zero-order valence-corrected chi connectivity index (χ0v) is 11.7. The first-order valence-corrected chi connectivity index (χ1v) is 7.39. The van der Waals surface area contributed by atoms with Crippen molar-refractivity contribution in [1.29, 1.82) is 0 Å². The zero-order valence-electron chi connectivity index (χ0n) is 10.9. The number of rotatable bonds is 2. The molecule has 5 heteroatoms. The molecule has 0 bridgehead atoms. The molecule has 0 radical (unpaired) electrons. The van der Waals surface area contributed by atoms with Gasteiger partial charge >= 0.3 is 0 Å². The fourth-order valence-electron chi connectivity index (χ4n) is 3.25. The van der Waals surface area contributed by atoms with E-state index in [1.807, 2.05) is 4.90 Å². The van der Waals surface area contributed by atoms with Crippen molar-refractivity contribution >= 4 is 17.5 Å². The van der Waals surface area contributed by atoms with E-state index in [1.54, 1.807) is 6.07 Å². The van der Waals surface area contributed by atoms with Gasteiger partial charge in [-0.15, -0.1) is 0 Å². The van der Waals surface area contributed by atoms with Gasteiger partial charge in [-0.25, -0.2) is 0 Å². The SMILES string of the molecule is O=C(c1ccoc1Cl)N1CCCC(C2CCCN2)C1. The molecular formula is C14H19ClN2O2. The number of carbonyl (C=O) groups excluding carboxylic acids is 1. The Morgan fingerprint density at radius 2 is 2.32 bits per heavy atom. The lowest BCUT2D eigenvalue weighted by molar-refractivity contribution is 0.0650. The lowest BCUT2D eigenvalue weighted by Crippen LogP contribution is -2.45. The second-order valence-corrected chi connectivity index (χ2v) is 5.81. The first-order valence-electron chi connectivity index (χ1n) is 7.01. The average Bonchev–Trinajstić information content (AvgIpc) is 3.09. The molecule has 2 aliphatic rings. The van der Waals surface area contributed by atoms with Crippen LogP contribution in [0.2, 0.25) is 5.22 Å². The van der Waals surface area contributed by atoms with E-state index in [4.69, 9.17) is 16.0 Å². The second kappa shape index (κ2) is 5.55. The Hall–Kier alpha value is -1.00. The fourth-order valence-corrected chi connectivity index (χ4v) is 3.45. The Balaban J connectivity index is 1.67. The van der Waals surface area contributed by atoms with E-state index in [1.165, 1.54) is 25.5 Å². The molecular weight excluding hydrogens is 264 g/mol. The highest BCUT2D eigenvalue weighted by molar-refractivity contribution is 6.32. The molecule has 104 valence electrons. The molecule has 1 N–H and O–H groups in total. The van der Waals surface area contributed by atoms with Crippen molar-refractivity contribution < 1.29 is 9.21 Å². The first-order chi connectivity index (χ1) is 9.25. The third-order valence-corrected chi connectivity index (χ3v) is 4.55. The van der Waals surface area contributed by atoms with Crippen molar-refractivity contribution in [3.63, 3.8) is 0 Å². The van der Waals surface area contributed by atoms with Crippen molar-refractivity contribution in [3.05, 3.63) is 23.1 Å². The number of likely N-dealkylation sites (tertiary alicyclic amines) is 1. The molecule has 1 amide bonds. The molecule has 4 nitrogen and oxygen atoms in total. The number of halogens is 1. The Morgan fingerprint density at radius 1 is 1.42 bits per heavy atom. The summed E-state index contributed by atoms with van der Waals surface area (Å²) in [5.74, 6) is 0.576. The highest BCUT2D eigenvalue weighted by Gasteiger charge is 2.32. The number of hydrogen-bond donors (Lipinski definition) is 1. The highest BCUT2D eigenvalue weighted by atomic mass is 35.5. The molecule has 19 heavy (non-hydrogen) atoms. The largest absolute Gasteiger partial charge is 0.452 e. The maximum Gasteiger partial charge on any atom is 0.258 e. The topological polar surface area (TPSA) is 45.5 Å². The summed E-state index contributed by atoms with van der Waals surface area (Å²) in [5, 5.41) is 3.75. The van der Waals surface area contributed by atoms with Gasteiger partial charge in [0.25, 0.3) is 5.91 Å². The van der Waals surface area contributed by atoms with E-state index in [0.29, 0.717) is 17.5 Å². The van der Waals surface area contributed by atoms with E-state index in [0.717, 1.165) is 26.1 Å². The fraction of sp³-hybridized carbons (Fsp3) is 0.643. The minimum absolute atomic E-state index is 0.00134. The summed E-state index contributed by atoms with van der Waals surface area (Å²) in [6.45, 7) is 2.77. The Labute approximate surface area is 118 Å². The third kappa shape index (κ3) is 2.65. The molecule has 1 aromatic rings. The van der Waals surface area contributed by atoms with Crippen LogP contribution in [0.4, 0.5) is 0 Å². The average molecular weight is 283 g/mol. The Kier molecular flexibility index (Phi) is 3.80. The summed E-state index contributed by atoms with van der Waals surface area (Å²) < 4.78 is 5.01. The van der Waals surface area contributed by atoms with E-state index in [9.17, 15) is 4.79 Å². The lowest BCUT2D eigenvalue weighted by Gasteiger charge is -2.35. The summed E-state index contributed by atoms with van der Waals surface area (Å²) in [7, 11) is 0. The smallest absolute Gasteiger partial charge is 0.258 e. The van der Waals surface area contributed by atoms with Gasteiger partial charge in [-0.2, -0.15) is 0 Å². The predicted octanol–water partition coefficient (Wildman–Crippen LogP) is 2.54. The monoisotopic (exact) mass is 282 g/mol. The van der Waals surface area contributed by atoms with Gasteiger partial charge in [0.15, 0.2) is 0 Å². The normalized spacial score (nSPS) is 27.7. The van der Waals surface area contributed by atoms with Gasteiger partial charge in [-0.3, -0.25) is 4.79 Å². The van der Waals surface area contributed by atoms with E-state index in [-0.39, 0.29) is 11.1 Å². The van der Waals surface area contributed by atoms with Crippen molar-refractivity contribution in [3.8, 4) is 0 Å². The van der Waals surface area contributed by atoms with Crippen LogP contribution in [0.25, 0.3) is 0 Å². The van der Waals surface area contributed by atoms with Crippen LogP contribution in [0.1, 0.15) is 36.0 Å². The predicted molar refractivity (Wildman–Crippen MR) is 73.4 cm³/mol. The number of nitrogens with zero attached hydrogens (tertiary/aromatic N) is 1. The molecule has 2 fully saturated rings. The minimum Gasteiger partial charge on any atom is -0.452 e. The van der Waals surface area contributed by atoms with Crippen LogP contribution in [0.15, 0.2) is 16.7 Å². The van der Waals surface area contributed by atoms with Gasteiger partial charge in [-0.05, 0) is 55.8 Å². The van der Waals surface area contributed by atoms with Gasteiger partial charge in [0.05, 0.1) is 11.8 Å². The van der Waals surface area contributed by atoms with Crippen molar-refractivity contribution in [2.45, 2.75) is 31.7 Å². The number of furan rings is 1. The molecule has 0 spiro atoms. The molecule has 0 aromatic carbocycles. The van der Waals surface area contributed by atoms with Crippen molar-refractivity contribution in [2.24, 2.45) is 5.92 Å². The number of piperidine rings is 1. The summed E-state index contributed by atoms with van der Waals surface area (Å²) in [6, 6.07) is 2.23. The van der Waals surface area contributed by atoms with E-state index >= 15 is 0 Å². The van der Waals surface area contributed by atoms with Crippen molar-refractivity contribution in [1.82, 2.24) is 10.2 Å². The summed E-state index contributed by atoms with van der Waals surface area (Å²) in [4.78, 5) is 14.3. The maximum absolute atomic E-state index is 12.4. The zero-order chi connectivity index (χ0) is 13.2. The molecule has 1 aromatic heterocycles. The van der Waals surface area contributed by atoms with Crippen LogP contribution in [0.3, 0.4) is 0 Å². The van der Waals surface area contributed by atoms with Gasteiger partial charge < -0.3 is 14.6 Å². The van der Waals surface area contributed by atoms with Crippen LogP contribution in [-0.2, 0) is 0 Å². The second-order valence-electron chi connectivity index (χ2n) is 5.46. The van der Waals surface area contributed by atoms with Crippen LogP contribution >= 0.6 is 11.6 Å². The summed E-state index contributed by atoms with van der Waals surface area (Å²) in [5.41, 5.74) is 0.488. The van der Waals surface area contributed by atoms with Crippen LogP contribution in [0.5, 0.6) is 0 Å². The molecule has 0 aliphatic carbocycles. The number of carbonyl (C=O) groups is 1. The van der Waals surface area contributed by atoms with Crippen LogP contribution in [0, 0.1) is 5.92 Å². The number of nitrogens with one attached hydrogen (secondary N) is 1. The van der Waals surface area contributed by atoms with E-state index < -0.39 is 0 Å². The molecule has 2 saturated heterocycles. The summed E-state index contributed by atoms with van der Waals surface area (Å²) in [6.07, 6.45) is 6.24. The van der Waals surface area contributed by atoms with Gasteiger partial charge in [0, 0.05) is 19.1 Å². The first kappa shape index (κ1) is 13.0. The molecule has 0 saturated carbocycles. The van der Waals surface area contributed by atoms with Crippen LogP contribution in [-0.4, -0.2) is 36.5 Å². The third-order valence-electron chi connectivity index (χ3n) is 4.26. The quantitative estimate of drug-likeness (QED) is 0.907. The lowest BCUT2D eigenvalue weighted by atomic mass is 9.89. The van der Waals surface area contributed by atoms with Crippen LogP contribution < -0.4 is 5.32 Å². The standard InChI is InChI=1S/C14H19ClN2O2/c15-13-11(5-8-19-13)14(18)17-7-2-3-10(9-17)12-4-1-6-16-12/h5,8,10,12,16H,1-4,6-7,9H2. The van der Waals surface area contributed by atoms with E-state index in [2.05, 4.69) is 5.32 Å². The Morgan fingerprint density at radius 3 is 3.00 bits per heavy atom. The molecule has 2 unspecified atom stereocenters. The van der Waals surface area contributed by atoms with Gasteiger partial charge in [0.1, 0.15) is 0 Å². The Bertz CT molecular complexity index is 454. The molecule has 2 atom stereocenters. The van der Waals surface area contributed by atoms with Crippen molar-refractivity contribution in [2.75, 3.05) is 19.6 Å². The molecule has 3 rings (SSSR count). The molecule has 2 aliphatic heterocycles.